The third-order valence-corrected chi connectivity index (χ3v) is 4.88. The topological polar surface area (TPSA) is 58.4 Å². The van der Waals surface area contributed by atoms with Gasteiger partial charge < -0.3 is 5.11 Å². The lowest BCUT2D eigenvalue weighted by atomic mass is 9.99. The van der Waals surface area contributed by atoms with E-state index in [1.807, 2.05) is 19.1 Å². The molecular weight excluding hydrogens is 333 g/mol. The molecule has 0 bridgehead atoms. The molecule has 3 rings (SSSR count). The van der Waals surface area contributed by atoms with Crippen LogP contribution in [0.3, 0.4) is 0 Å². The first-order valence-electron chi connectivity index (χ1n) is 8.92. The van der Waals surface area contributed by atoms with E-state index in [1.165, 1.54) is 17.7 Å². The molecule has 1 aromatic carbocycles. The summed E-state index contributed by atoms with van der Waals surface area (Å²) < 4.78 is 14.7. The lowest BCUT2D eigenvalue weighted by molar-refractivity contribution is 0.0965. The van der Waals surface area contributed by atoms with E-state index in [1.54, 1.807) is 10.9 Å². The van der Waals surface area contributed by atoms with Crippen molar-refractivity contribution in [1.29, 1.82) is 0 Å². The van der Waals surface area contributed by atoms with Crippen molar-refractivity contribution in [3.63, 3.8) is 0 Å². The molecule has 0 atom stereocenters. The van der Waals surface area contributed by atoms with E-state index in [9.17, 15) is 9.18 Å². The Morgan fingerprint density at radius 1 is 1.27 bits per heavy atom. The van der Waals surface area contributed by atoms with E-state index in [2.05, 4.69) is 16.1 Å². The van der Waals surface area contributed by atoms with Gasteiger partial charge >= 0.3 is 0 Å². The molecule has 26 heavy (non-hydrogen) atoms. The van der Waals surface area contributed by atoms with Crippen LogP contribution in [-0.2, 0) is 6.54 Å². The van der Waals surface area contributed by atoms with Crippen molar-refractivity contribution >= 4 is 11.4 Å². The highest BCUT2D eigenvalue weighted by Gasteiger charge is 2.17. The predicted octanol–water partition coefficient (Wildman–Crippen LogP) is 2.69. The van der Waals surface area contributed by atoms with Crippen LogP contribution in [0.25, 0.3) is 5.57 Å². The number of carbonyl (C=O) groups excluding carboxylic acids is 1. The fourth-order valence-corrected chi connectivity index (χ4v) is 3.28. The van der Waals surface area contributed by atoms with Gasteiger partial charge in [-0.05, 0) is 36.6 Å². The predicted molar refractivity (Wildman–Crippen MR) is 98.4 cm³/mol. The fraction of sp³-hybridized carbons (Fsp3) is 0.400. The monoisotopic (exact) mass is 357 g/mol. The maximum atomic E-state index is 13.0. The Morgan fingerprint density at radius 3 is 2.69 bits per heavy atom. The second kappa shape index (κ2) is 8.38. The summed E-state index contributed by atoms with van der Waals surface area (Å²) in [5.74, 6) is -0.136. The van der Waals surface area contributed by atoms with Crippen LogP contribution in [-0.4, -0.2) is 51.8 Å². The Balaban J connectivity index is 1.53. The number of aromatic nitrogens is 2. The molecule has 0 unspecified atom stereocenters. The number of halogens is 1. The minimum absolute atomic E-state index is 0.00660. The number of ketones is 1. The molecule has 0 saturated heterocycles. The number of nitrogens with zero attached hydrogens (tertiary/aromatic N) is 3. The number of hydrogen-bond donors (Lipinski definition) is 1. The van der Waals surface area contributed by atoms with Crippen molar-refractivity contribution in [1.82, 2.24) is 14.7 Å². The van der Waals surface area contributed by atoms with Crippen LogP contribution in [0, 0.1) is 12.7 Å². The molecule has 0 aliphatic carbocycles. The molecule has 1 aliphatic rings. The Bertz CT molecular complexity index is 796. The highest BCUT2D eigenvalue weighted by Crippen LogP contribution is 2.22. The molecule has 2 aromatic rings. The maximum absolute atomic E-state index is 13.0. The first-order chi connectivity index (χ1) is 12.6. The van der Waals surface area contributed by atoms with Gasteiger partial charge in [-0.25, -0.2) is 4.39 Å². The number of benzene rings is 1. The SMILES string of the molecule is Cc1c(C(=O)CCN2CC=C(c3ccc(F)cc3)CC2)cnn1CCO. The summed E-state index contributed by atoms with van der Waals surface area (Å²) in [6.07, 6.45) is 5.10. The average molecular weight is 357 g/mol. The highest BCUT2D eigenvalue weighted by molar-refractivity contribution is 5.97. The summed E-state index contributed by atoms with van der Waals surface area (Å²) in [4.78, 5) is 14.7. The summed E-state index contributed by atoms with van der Waals surface area (Å²) in [5, 5.41) is 13.2. The van der Waals surface area contributed by atoms with Gasteiger partial charge in [0, 0.05) is 31.7 Å². The summed E-state index contributed by atoms with van der Waals surface area (Å²) >= 11 is 0. The van der Waals surface area contributed by atoms with Gasteiger partial charge in [-0.3, -0.25) is 14.4 Å². The third-order valence-electron chi connectivity index (χ3n) is 4.88. The van der Waals surface area contributed by atoms with Crippen molar-refractivity contribution in [3.05, 3.63) is 59.2 Å². The van der Waals surface area contributed by atoms with E-state index in [0.717, 1.165) is 30.8 Å². The molecular formula is C20H24FN3O2. The van der Waals surface area contributed by atoms with Crippen molar-refractivity contribution in [2.75, 3.05) is 26.2 Å². The van der Waals surface area contributed by atoms with Crippen molar-refractivity contribution in [3.8, 4) is 0 Å². The lowest BCUT2D eigenvalue weighted by Gasteiger charge is -2.26. The molecule has 0 fully saturated rings. The standard InChI is InChI=1S/C20H24FN3O2/c1-15-19(14-22-24(15)12-13-25)20(26)8-11-23-9-6-17(7-10-23)16-2-4-18(21)5-3-16/h2-6,14,25H,7-13H2,1H3. The van der Waals surface area contributed by atoms with Gasteiger partial charge in [-0.2, -0.15) is 5.10 Å². The molecule has 1 N–H and O–H groups in total. The molecule has 0 saturated carbocycles. The summed E-state index contributed by atoms with van der Waals surface area (Å²) in [7, 11) is 0. The smallest absolute Gasteiger partial charge is 0.167 e. The summed E-state index contributed by atoms with van der Waals surface area (Å²) in [6.45, 7) is 4.65. The van der Waals surface area contributed by atoms with Gasteiger partial charge in [0.1, 0.15) is 5.82 Å². The van der Waals surface area contributed by atoms with E-state index >= 15 is 0 Å². The average Bonchev–Trinajstić information content (AvgIpc) is 3.02. The zero-order chi connectivity index (χ0) is 18.5. The van der Waals surface area contributed by atoms with Gasteiger partial charge in [0.2, 0.25) is 0 Å². The van der Waals surface area contributed by atoms with Crippen LogP contribution in [0.1, 0.15) is 34.5 Å². The summed E-state index contributed by atoms with van der Waals surface area (Å²) in [5.41, 5.74) is 3.74. The quantitative estimate of drug-likeness (QED) is 0.774. The van der Waals surface area contributed by atoms with E-state index in [0.29, 0.717) is 25.1 Å². The van der Waals surface area contributed by atoms with Gasteiger partial charge in [0.25, 0.3) is 0 Å². The lowest BCUT2D eigenvalue weighted by Crippen LogP contribution is -2.30. The van der Waals surface area contributed by atoms with Crippen molar-refractivity contribution in [2.24, 2.45) is 0 Å². The Hall–Kier alpha value is -2.31. The van der Waals surface area contributed by atoms with Crippen LogP contribution in [0.5, 0.6) is 0 Å². The van der Waals surface area contributed by atoms with E-state index in [4.69, 9.17) is 5.11 Å². The number of rotatable bonds is 7. The van der Waals surface area contributed by atoms with Crippen molar-refractivity contribution in [2.45, 2.75) is 26.3 Å². The Morgan fingerprint density at radius 2 is 2.04 bits per heavy atom. The first kappa shape index (κ1) is 18.5. The third kappa shape index (κ3) is 4.26. The fourth-order valence-electron chi connectivity index (χ4n) is 3.28. The molecule has 0 spiro atoms. The van der Waals surface area contributed by atoms with Crippen LogP contribution in [0.15, 0.2) is 36.5 Å². The maximum Gasteiger partial charge on any atom is 0.167 e. The van der Waals surface area contributed by atoms with Crippen LogP contribution in [0.4, 0.5) is 4.39 Å². The number of hydrogen-bond acceptors (Lipinski definition) is 4. The van der Waals surface area contributed by atoms with Crippen molar-refractivity contribution < 1.29 is 14.3 Å². The number of Topliss-reactive ketones (excluding diaryl/α,β-unsaturated/α-hetero) is 1. The zero-order valence-corrected chi connectivity index (χ0v) is 15.0. The normalized spacial score (nSPS) is 15.1. The van der Waals surface area contributed by atoms with E-state index in [-0.39, 0.29) is 18.2 Å². The first-order valence-corrected chi connectivity index (χ1v) is 8.92. The van der Waals surface area contributed by atoms with Gasteiger partial charge in [-0.1, -0.05) is 18.2 Å². The van der Waals surface area contributed by atoms with Gasteiger partial charge in [-0.15, -0.1) is 0 Å². The second-order valence-electron chi connectivity index (χ2n) is 6.55. The second-order valence-corrected chi connectivity index (χ2v) is 6.55. The molecule has 5 nitrogen and oxygen atoms in total. The molecule has 138 valence electrons. The minimum atomic E-state index is -0.220. The summed E-state index contributed by atoms with van der Waals surface area (Å²) in [6, 6.07) is 6.60. The van der Waals surface area contributed by atoms with Crippen LogP contribution in [0.2, 0.25) is 0 Å². The van der Waals surface area contributed by atoms with Crippen LogP contribution < -0.4 is 0 Å². The molecule has 6 heteroatoms. The minimum Gasteiger partial charge on any atom is -0.394 e. The molecule has 0 amide bonds. The van der Waals surface area contributed by atoms with Gasteiger partial charge in [0.15, 0.2) is 5.78 Å². The number of carbonyl (C=O) groups is 1. The zero-order valence-electron chi connectivity index (χ0n) is 15.0. The largest absolute Gasteiger partial charge is 0.394 e. The molecule has 1 aliphatic heterocycles. The Labute approximate surface area is 152 Å². The number of aliphatic hydroxyl groups is 1. The highest BCUT2D eigenvalue weighted by atomic mass is 19.1. The number of aliphatic hydroxyl groups excluding tert-OH is 1. The van der Waals surface area contributed by atoms with Crippen LogP contribution >= 0.6 is 0 Å². The Kier molecular flexibility index (Phi) is 5.96. The van der Waals surface area contributed by atoms with Gasteiger partial charge in [0.05, 0.1) is 24.9 Å². The van der Waals surface area contributed by atoms with E-state index < -0.39 is 0 Å². The molecule has 0 radical (unpaired) electrons. The molecule has 1 aromatic heterocycles. The molecule has 2 heterocycles.